The van der Waals surface area contributed by atoms with Gasteiger partial charge in [0.25, 0.3) is 0 Å². The van der Waals surface area contributed by atoms with Gasteiger partial charge in [-0.1, -0.05) is 24.3 Å². The second kappa shape index (κ2) is 9.14. The smallest absolute Gasteiger partial charge is 0.238 e. The lowest BCUT2D eigenvalue weighted by molar-refractivity contribution is -0.120. The van der Waals surface area contributed by atoms with Crippen molar-refractivity contribution in [3.63, 3.8) is 0 Å². The molecule has 1 aliphatic rings. The van der Waals surface area contributed by atoms with Crippen molar-refractivity contribution < 1.29 is 19.1 Å². The van der Waals surface area contributed by atoms with Gasteiger partial charge in [0.15, 0.2) is 0 Å². The van der Waals surface area contributed by atoms with Crippen LogP contribution < -0.4 is 20.1 Å². The minimum Gasteiger partial charge on any atom is -0.497 e. The number of fused-ring (bicyclic) bond motifs is 1. The monoisotopic (exact) mass is 434 g/mol. The van der Waals surface area contributed by atoms with Crippen molar-refractivity contribution in [2.75, 3.05) is 24.9 Å². The van der Waals surface area contributed by atoms with E-state index in [1.807, 2.05) is 60.7 Å². The average molecular weight is 435 g/mol. The molecule has 0 radical (unpaired) electrons. The van der Waals surface area contributed by atoms with Gasteiger partial charge < -0.3 is 20.1 Å². The molecule has 1 heterocycles. The lowest BCUT2D eigenvalue weighted by Crippen LogP contribution is -2.32. The van der Waals surface area contributed by atoms with Crippen LogP contribution in [0.5, 0.6) is 11.5 Å². The quantitative estimate of drug-likeness (QED) is 0.582. The van der Waals surface area contributed by atoms with E-state index in [2.05, 4.69) is 10.6 Å². The Morgan fingerprint density at radius 1 is 1.03 bits per heavy atom. The summed E-state index contributed by atoms with van der Waals surface area (Å²) in [6.45, 7) is 0. The van der Waals surface area contributed by atoms with E-state index in [-0.39, 0.29) is 18.2 Å². The molecule has 4 rings (SSSR count). The molecule has 0 aromatic heterocycles. The number of ether oxygens (including phenoxy) is 2. The number of carbonyl (C=O) groups is 2. The number of hydrogen-bond acceptors (Lipinski definition) is 5. The molecule has 0 aliphatic carbocycles. The molecule has 0 fully saturated rings. The normalized spacial score (nSPS) is 14.9. The fourth-order valence-corrected chi connectivity index (χ4v) is 4.50. The van der Waals surface area contributed by atoms with Crippen LogP contribution in [0, 0.1) is 0 Å². The minimum absolute atomic E-state index is 0.0781. The summed E-state index contributed by atoms with van der Waals surface area (Å²) in [5.74, 6) is 1.07. The summed E-state index contributed by atoms with van der Waals surface area (Å²) in [6, 6.07) is 20.7. The van der Waals surface area contributed by atoms with E-state index in [1.165, 1.54) is 11.8 Å². The van der Waals surface area contributed by atoms with Gasteiger partial charge in [0, 0.05) is 22.6 Å². The molecular formula is C24H22N2O4S. The van der Waals surface area contributed by atoms with Crippen LogP contribution in [0.25, 0.3) is 11.1 Å². The Labute approximate surface area is 185 Å². The van der Waals surface area contributed by atoms with Crippen LogP contribution in [-0.4, -0.2) is 31.3 Å². The molecule has 1 aliphatic heterocycles. The molecule has 158 valence electrons. The third-order valence-electron chi connectivity index (χ3n) is 4.96. The number of hydrogen-bond donors (Lipinski definition) is 2. The second-order valence-electron chi connectivity index (χ2n) is 6.99. The molecule has 2 N–H and O–H groups in total. The zero-order chi connectivity index (χ0) is 21.8. The molecule has 3 aromatic rings. The summed E-state index contributed by atoms with van der Waals surface area (Å²) in [7, 11) is 3.23. The minimum atomic E-state index is -0.478. The number of rotatable bonds is 6. The van der Waals surface area contributed by atoms with Crippen molar-refractivity contribution in [3.05, 3.63) is 66.7 Å². The van der Waals surface area contributed by atoms with Crippen LogP contribution in [-0.2, 0) is 9.59 Å². The Balaban J connectivity index is 1.49. The molecule has 7 heteroatoms. The highest BCUT2D eigenvalue weighted by Gasteiger charge is 2.28. The fraction of sp³-hybridized carbons (Fsp3) is 0.167. The van der Waals surface area contributed by atoms with Gasteiger partial charge >= 0.3 is 0 Å². The van der Waals surface area contributed by atoms with E-state index >= 15 is 0 Å². The van der Waals surface area contributed by atoms with Crippen LogP contribution >= 0.6 is 11.8 Å². The van der Waals surface area contributed by atoms with E-state index in [9.17, 15) is 9.59 Å². The largest absolute Gasteiger partial charge is 0.497 e. The molecule has 0 spiro atoms. The van der Waals surface area contributed by atoms with E-state index in [1.54, 1.807) is 20.3 Å². The number of amides is 2. The van der Waals surface area contributed by atoms with Gasteiger partial charge in [0.05, 0.1) is 25.2 Å². The second-order valence-corrected chi connectivity index (χ2v) is 8.23. The van der Waals surface area contributed by atoms with Crippen molar-refractivity contribution in [1.82, 2.24) is 0 Å². The summed E-state index contributed by atoms with van der Waals surface area (Å²) in [5.41, 5.74) is 3.21. The molecule has 3 aromatic carbocycles. The predicted octanol–water partition coefficient (Wildman–Crippen LogP) is 4.81. The first-order valence-corrected chi connectivity index (χ1v) is 10.6. The molecular weight excluding hydrogens is 412 g/mol. The molecule has 31 heavy (non-hydrogen) atoms. The first-order chi connectivity index (χ1) is 15.1. The van der Waals surface area contributed by atoms with Gasteiger partial charge in [-0.3, -0.25) is 9.59 Å². The van der Waals surface area contributed by atoms with Crippen molar-refractivity contribution in [1.29, 1.82) is 0 Å². The van der Waals surface area contributed by atoms with Gasteiger partial charge in [-0.25, -0.2) is 0 Å². The Hall–Kier alpha value is -3.45. The van der Waals surface area contributed by atoms with Crippen molar-refractivity contribution in [2.45, 2.75) is 16.6 Å². The van der Waals surface area contributed by atoms with Crippen LogP contribution in [0.4, 0.5) is 11.4 Å². The number of thioether (sulfide) groups is 1. The Kier molecular flexibility index (Phi) is 6.13. The first kappa shape index (κ1) is 20.8. The standard InChI is InChI=1S/C24H22N2O4S/c1-29-17-10-7-15(8-11-17)18-13-16(9-12-20(18)30-2)25-23(27)14-22-24(28)26-19-5-3-4-6-21(19)31-22/h3-13,22H,14H2,1-2H3,(H,25,27)(H,26,28)/t22-/m1/s1. The number of anilines is 2. The van der Waals surface area contributed by atoms with Crippen LogP contribution in [0.15, 0.2) is 71.6 Å². The highest BCUT2D eigenvalue weighted by atomic mass is 32.2. The summed E-state index contributed by atoms with van der Waals surface area (Å²) >= 11 is 1.41. The van der Waals surface area contributed by atoms with Gasteiger partial charge in [0.2, 0.25) is 11.8 Å². The number of methoxy groups -OCH3 is 2. The molecule has 0 bridgehead atoms. The number of para-hydroxylation sites is 1. The predicted molar refractivity (Wildman–Crippen MR) is 123 cm³/mol. The number of nitrogens with one attached hydrogen (secondary N) is 2. The fourth-order valence-electron chi connectivity index (χ4n) is 3.39. The Morgan fingerprint density at radius 3 is 2.55 bits per heavy atom. The van der Waals surface area contributed by atoms with Crippen molar-refractivity contribution >= 4 is 35.0 Å². The maximum Gasteiger partial charge on any atom is 0.238 e. The highest BCUT2D eigenvalue weighted by Crippen LogP contribution is 2.37. The molecule has 1 atom stereocenters. The Bertz CT molecular complexity index is 1110. The summed E-state index contributed by atoms with van der Waals surface area (Å²) in [5, 5.41) is 5.30. The Morgan fingerprint density at radius 2 is 1.81 bits per heavy atom. The molecule has 0 unspecified atom stereocenters. The van der Waals surface area contributed by atoms with Gasteiger partial charge in [0.1, 0.15) is 11.5 Å². The van der Waals surface area contributed by atoms with E-state index in [0.717, 1.165) is 27.5 Å². The number of benzene rings is 3. The van der Waals surface area contributed by atoms with Crippen LogP contribution in [0.1, 0.15) is 6.42 Å². The molecule has 6 nitrogen and oxygen atoms in total. The average Bonchev–Trinajstić information content (AvgIpc) is 2.79. The SMILES string of the molecule is COc1ccc(-c2cc(NC(=O)C[C@H]3Sc4ccccc4NC3=O)ccc2OC)cc1. The van der Waals surface area contributed by atoms with Crippen molar-refractivity contribution in [3.8, 4) is 22.6 Å². The van der Waals surface area contributed by atoms with E-state index in [0.29, 0.717) is 11.4 Å². The van der Waals surface area contributed by atoms with Crippen molar-refractivity contribution in [2.24, 2.45) is 0 Å². The maximum atomic E-state index is 12.7. The zero-order valence-electron chi connectivity index (χ0n) is 17.2. The van der Waals surface area contributed by atoms with Crippen LogP contribution in [0.2, 0.25) is 0 Å². The molecule has 2 amide bonds. The zero-order valence-corrected chi connectivity index (χ0v) is 18.0. The lowest BCUT2D eigenvalue weighted by Gasteiger charge is -2.23. The third-order valence-corrected chi connectivity index (χ3v) is 6.24. The summed E-state index contributed by atoms with van der Waals surface area (Å²) in [4.78, 5) is 26.0. The van der Waals surface area contributed by atoms with Gasteiger partial charge in [-0.05, 0) is 48.0 Å². The summed E-state index contributed by atoms with van der Waals surface area (Å²) in [6.07, 6.45) is 0.0781. The van der Waals surface area contributed by atoms with Gasteiger partial charge in [-0.15, -0.1) is 11.8 Å². The number of carbonyl (C=O) groups excluding carboxylic acids is 2. The lowest BCUT2D eigenvalue weighted by atomic mass is 10.0. The van der Waals surface area contributed by atoms with Gasteiger partial charge in [-0.2, -0.15) is 0 Å². The maximum absolute atomic E-state index is 12.7. The topological polar surface area (TPSA) is 76.7 Å². The highest BCUT2D eigenvalue weighted by molar-refractivity contribution is 8.01. The van der Waals surface area contributed by atoms with E-state index in [4.69, 9.17) is 9.47 Å². The summed E-state index contributed by atoms with van der Waals surface area (Å²) < 4.78 is 10.7. The molecule has 0 saturated carbocycles. The molecule has 0 saturated heterocycles. The van der Waals surface area contributed by atoms with E-state index < -0.39 is 5.25 Å². The van der Waals surface area contributed by atoms with Crippen LogP contribution in [0.3, 0.4) is 0 Å². The third kappa shape index (κ3) is 4.67. The first-order valence-electron chi connectivity index (χ1n) is 9.76.